The molecule has 0 radical (unpaired) electrons. The van der Waals surface area contributed by atoms with Gasteiger partial charge >= 0.3 is 18.6 Å². The van der Waals surface area contributed by atoms with Gasteiger partial charge in [-0.05, 0) is 63.6 Å². The van der Waals surface area contributed by atoms with Crippen molar-refractivity contribution >= 4 is 34.1 Å². The SMILES string of the molecule is CCOC(=O)C1=C(C)NC(C)=C(C(=O)OCC)C1c1ccccc1Nc1nc(-c2ccc(OC(F)F)cc2)cs1. The molecular formula is C29H29F2N3O5S. The van der Waals surface area contributed by atoms with Crippen molar-refractivity contribution in [1.29, 1.82) is 0 Å². The fourth-order valence-electron chi connectivity index (χ4n) is 4.51. The lowest BCUT2D eigenvalue weighted by Crippen LogP contribution is -2.32. The number of hydrogen-bond acceptors (Lipinski definition) is 9. The van der Waals surface area contributed by atoms with Crippen molar-refractivity contribution in [2.24, 2.45) is 0 Å². The van der Waals surface area contributed by atoms with Crippen LogP contribution in [0.3, 0.4) is 0 Å². The summed E-state index contributed by atoms with van der Waals surface area (Å²) in [6.07, 6.45) is 0. The van der Waals surface area contributed by atoms with Crippen molar-refractivity contribution < 1.29 is 32.6 Å². The minimum atomic E-state index is -2.90. The average Bonchev–Trinajstić information content (AvgIpc) is 3.37. The van der Waals surface area contributed by atoms with Crippen LogP contribution < -0.4 is 15.4 Å². The van der Waals surface area contributed by atoms with Crippen molar-refractivity contribution in [3.63, 3.8) is 0 Å². The largest absolute Gasteiger partial charge is 0.463 e. The van der Waals surface area contributed by atoms with Crippen LogP contribution in [0.1, 0.15) is 39.2 Å². The van der Waals surface area contributed by atoms with Crippen LogP contribution in [0.15, 0.2) is 76.5 Å². The van der Waals surface area contributed by atoms with Gasteiger partial charge in [0.15, 0.2) is 5.13 Å². The number of ether oxygens (including phenoxy) is 3. The standard InChI is InChI=1S/C29H29F2N3O5S/c1-5-37-26(35)23-16(3)32-17(4)24(27(36)38-6-2)25(23)20-9-7-8-10-21(20)33-29-34-22(15-40-29)18-11-13-19(14-12-18)39-28(30)31/h7-15,25,28,32H,5-6H2,1-4H3,(H,33,34). The highest BCUT2D eigenvalue weighted by atomic mass is 32.1. The Kier molecular flexibility index (Phi) is 9.15. The number of para-hydroxylation sites is 1. The molecule has 2 aromatic carbocycles. The second-order valence-corrected chi connectivity index (χ2v) is 9.59. The maximum Gasteiger partial charge on any atom is 0.387 e. The molecule has 40 heavy (non-hydrogen) atoms. The smallest absolute Gasteiger partial charge is 0.387 e. The third-order valence-electron chi connectivity index (χ3n) is 6.14. The molecule has 0 atom stereocenters. The number of esters is 2. The van der Waals surface area contributed by atoms with E-state index in [2.05, 4.69) is 20.4 Å². The van der Waals surface area contributed by atoms with Crippen molar-refractivity contribution in [2.75, 3.05) is 18.5 Å². The molecule has 0 fully saturated rings. The van der Waals surface area contributed by atoms with Crippen LogP contribution >= 0.6 is 11.3 Å². The fraction of sp³-hybridized carbons (Fsp3) is 0.276. The van der Waals surface area contributed by atoms with E-state index in [1.54, 1.807) is 39.8 Å². The summed E-state index contributed by atoms with van der Waals surface area (Å²) in [5.41, 5.74) is 4.47. The molecule has 2 N–H and O–H groups in total. The van der Waals surface area contributed by atoms with E-state index in [1.807, 2.05) is 29.6 Å². The number of anilines is 2. The minimum absolute atomic E-state index is 0.0599. The van der Waals surface area contributed by atoms with E-state index in [1.165, 1.54) is 23.5 Å². The molecule has 4 rings (SSSR count). The number of nitrogens with one attached hydrogen (secondary N) is 2. The molecule has 0 amide bonds. The van der Waals surface area contributed by atoms with Gasteiger partial charge in [0.05, 0.1) is 36.0 Å². The van der Waals surface area contributed by atoms with Crippen LogP contribution in [0.25, 0.3) is 11.3 Å². The maximum absolute atomic E-state index is 13.2. The number of aromatic nitrogens is 1. The van der Waals surface area contributed by atoms with Gasteiger partial charge in [-0.1, -0.05) is 18.2 Å². The van der Waals surface area contributed by atoms with Gasteiger partial charge < -0.3 is 24.8 Å². The van der Waals surface area contributed by atoms with Gasteiger partial charge in [-0.2, -0.15) is 8.78 Å². The first-order valence-corrected chi connectivity index (χ1v) is 13.5. The number of carbonyl (C=O) groups is 2. The normalized spacial score (nSPS) is 13.8. The molecule has 0 saturated carbocycles. The zero-order valence-corrected chi connectivity index (χ0v) is 23.2. The van der Waals surface area contributed by atoms with E-state index in [9.17, 15) is 18.4 Å². The highest BCUT2D eigenvalue weighted by Gasteiger charge is 2.39. The Labute approximate surface area is 234 Å². The quantitative estimate of drug-likeness (QED) is 0.267. The zero-order valence-electron chi connectivity index (χ0n) is 22.4. The molecule has 0 unspecified atom stereocenters. The Morgan fingerprint density at radius 1 is 0.975 bits per heavy atom. The predicted molar refractivity (Wildman–Crippen MR) is 148 cm³/mol. The van der Waals surface area contributed by atoms with Crippen molar-refractivity contribution in [2.45, 2.75) is 40.2 Å². The lowest BCUT2D eigenvalue weighted by Gasteiger charge is -2.31. The van der Waals surface area contributed by atoms with Crippen LogP contribution in [0.5, 0.6) is 5.75 Å². The summed E-state index contributed by atoms with van der Waals surface area (Å²) < 4.78 is 40.1. The van der Waals surface area contributed by atoms with Gasteiger partial charge in [0.1, 0.15) is 5.75 Å². The molecule has 0 spiro atoms. The van der Waals surface area contributed by atoms with Crippen LogP contribution in [0.4, 0.5) is 19.6 Å². The summed E-state index contributed by atoms with van der Waals surface area (Å²) in [6, 6.07) is 13.6. The first-order valence-electron chi connectivity index (χ1n) is 12.6. The Morgan fingerprint density at radius 3 is 2.15 bits per heavy atom. The number of benzene rings is 2. The Bertz CT molecular complexity index is 1410. The van der Waals surface area contributed by atoms with E-state index in [4.69, 9.17) is 9.47 Å². The highest BCUT2D eigenvalue weighted by Crippen LogP contribution is 2.43. The van der Waals surface area contributed by atoms with Gasteiger partial charge in [-0.3, -0.25) is 0 Å². The van der Waals surface area contributed by atoms with Crippen LogP contribution in [-0.4, -0.2) is 36.7 Å². The topological polar surface area (TPSA) is 98.8 Å². The monoisotopic (exact) mass is 569 g/mol. The summed E-state index contributed by atoms with van der Waals surface area (Å²) in [5.74, 6) is -1.76. The summed E-state index contributed by atoms with van der Waals surface area (Å²) in [6.45, 7) is 4.44. The van der Waals surface area contributed by atoms with E-state index in [-0.39, 0.29) is 19.0 Å². The first-order chi connectivity index (χ1) is 19.2. The van der Waals surface area contributed by atoms with Crippen LogP contribution in [0, 0.1) is 0 Å². The average molecular weight is 570 g/mol. The van der Waals surface area contributed by atoms with Crippen LogP contribution in [0.2, 0.25) is 0 Å². The molecule has 210 valence electrons. The number of alkyl halides is 2. The van der Waals surface area contributed by atoms with Gasteiger partial charge in [0.2, 0.25) is 0 Å². The lowest BCUT2D eigenvalue weighted by molar-refractivity contribution is -0.139. The van der Waals surface area contributed by atoms with Crippen molar-refractivity contribution in [3.8, 4) is 17.0 Å². The number of allylic oxidation sites excluding steroid dienone is 2. The fourth-order valence-corrected chi connectivity index (χ4v) is 5.24. The number of rotatable bonds is 10. The third-order valence-corrected chi connectivity index (χ3v) is 6.90. The lowest BCUT2D eigenvalue weighted by atomic mass is 9.79. The molecule has 1 aliphatic rings. The maximum atomic E-state index is 13.2. The molecular weight excluding hydrogens is 540 g/mol. The van der Waals surface area contributed by atoms with Crippen molar-refractivity contribution in [3.05, 3.63) is 82.0 Å². The first kappa shape index (κ1) is 28.8. The number of thiazole rings is 1. The Balaban J connectivity index is 1.71. The van der Waals surface area contributed by atoms with E-state index < -0.39 is 24.5 Å². The Morgan fingerprint density at radius 2 is 1.57 bits per heavy atom. The van der Waals surface area contributed by atoms with E-state index in [0.29, 0.717) is 44.6 Å². The summed E-state index contributed by atoms with van der Waals surface area (Å²) >= 11 is 1.35. The number of dihydropyridines is 1. The molecule has 2 heterocycles. The molecule has 3 aromatic rings. The summed E-state index contributed by atoms with van der Waals surface area (Å²) in [4.78, 5) is 31.0. The zero-order chi connectivity index (χ0) is 28.8. The van der Waals surface area contributed by atoms with Gasteiger partial charge in [-0.25, -0.2) is 14.6 Å². The predicted octanol–water partition coefficient (Wildman–Crippen LogP) is 6.52. The molecule has 1 aliphatic heterocycles. The van der Waals surface area contributed by atoms with E-state index >= 15 is 0 Å². The number of hydrogen-bond donors (Lipinski definition) is 2. The summed E-state index contributed by atoms with van der Waals surface area (Å²) in [5, 5.41) is 8.85. The second kappa shape index (κ2) is 12.7. The van der Waals surface area contributed by atoms with Gasteiger partial charge in [0, 0.05) is 28.0 Å². The molecule has 0 aliphatic carbocycles. The van der Waals surface area contributed by atoms with Gasteiger partial charge in [0.25, 0.3) is 0 Å². The number of halogens is 2. The highest BCUT2D eigenvalue weighted by molar-refractivity contribution is 7.14. The molecule has 0 bridgehead atoms. The van der Waals surface area contributed by atoms with Crippen molar-refractivity contribution in [1.82, 2.24) is 10.3 Å². The van der Waals surface area contributed by atoms with E-state index in [0.717, 1.165) is 5.56 Å². The van der Waals surface area contributed by atoms with Crippen LogP contribution in [-0.2, 0) is 19.1 Å². The Hall–Kier alpha value is -4.25. The minimum Gasteiger partial charge on any atom is -0.463 e. The second-order valence-electron chi connectivity index (χ2n) is 8.73. The third kappa shape index (κ3) is 6.31. The number of nitrogens with zero attached hydrogens (tertiary/aromatic N) is 1. The summed E-state index contributed by atoms with van der Waals surface area (Å²) in [7, 11) is 0. The number of carbonyl (C=O) groups excluding carboxylic acids is 2. The molecule has 8 nitrogen and oxygen atoms in total. The molecule has 11 heteroatoms. The molecule has 1 aromatic heterocycles. The molecule has 0 saturated heterocycles. The van der Waals surface area contributed by atoms with Gasteiger partial charge in [-0.15, -0.1) is 11.3 Å².